The van der Waals surface area contributed by atoms with Crippen LogP contribution in [0.2, 0.25) is 0 Å². The summed E-state index contributed by atoms with van der Waals surface area (Å²) in [4.78, 5) is 14.6. The van der Waals surface area contributed by atoms with Gasteiger partial charge in [0.05, 0.1) is 11.5 Å². The molecule has 132 valence electrons. The molecule has 0 saturated carbocycles. The summed E-state index contributed by atoms with van der Waals surface area (Å²) in [5.41, 5.74) is 0.414. The molecule has 0 bridgehead atoms. The number of likely N-dealkylation sites (tertiary alicyclic amines) is 1. The normalized spacial score (nSPS) is 23.5. The summed E-state index contributed by atoms with van der Waals surface area (Å²) >= 11 is 0. The molecule has 2 aliphatic rings. The molecule has 24 heavy (non-hydrogen) atoms. The van der Waals surface area contributed by atoms with E-state index >= 15 is 0 Å². The summed E-state index contributed by atoms with van der Waals surface area (Å²) in [6.45, 7) is 3.86. The van der Waals surface area contributed by atoms with Gasteiger partial charge in [0.1, 0.15) is 0 Å². The van der Waals surface area contributed by atoms with Gasteiger partial charge in [0, 0.05) is 45.4 Å². The van der Waals surface area contributed by atoms with E-state index in [4.69, 9.17) is 4.74 Å². The molecule has 1 aromatic carbocycles. The average Bonchev–Trinajstić information content (AvgIpc) is 3.16. The van der Waals surface area contributed by atoms with E-state index in [9.17, 15) is 13.2 Å². The van der Waals surface area contributed by atoms with Crippen molar-refractivity contribution in [2.24, 2.45) is 11.8 Å². The van der Waals surface area contributed by atoms with Crippen LogP contribution < -0.4 is 10.0 Å². The first-order valence-corrected chi connectivity index (χ1v) is 9.58. The van der Waals surface area contributed by atoms with Gasteiger partial charge in [0.2, 0.25) is 10.0 Å². The minimum absolute atomic E-state index is 0.0988. The van der Waals surface area contributed by atoms with Gasteiger partial charge in [-0.2, -0.15) is 0 Å². The van der Waals surface area contributed by atoms with Gasteiger partial charge in [-0.25, -0.2) is 13.1 Å². The lowest BCUT2D eigenvalue weighted by atomic mass is 10.0. The van der Waals surface area contributed by atoms with Crippen LogP contribution in [0.3, 0.4) is 0 Å². The monoisotopic (exact) mass is 353 g/mol. The van der Waals surface area contributed by atoms with E-state index in [1.807, 2.05) is 4.90 Å². The molecule has 2 fully saturated rings. The SMILES string of the molecule is COCCNS(=O)(=O)c1cccc(C(=O)N2C[C@H]3CNC[C@H]3C2)c1. The minimum atomic E-state index is -3.64. The van der Waals surface area contributed by atoms with Crippen molar-refractivity contribution in [1.82, 2.24) is 14.9 Å². The second-order valence-corrected chi connectivity index (χ2v) is 8.07. The van der Waals surface area contributed by atoms with Crippen molar-refractivity contribution in [2.45, 2.75) is 4.90 Å². The van der Waals surface area contributed by atoms with Crippen LogP contribution >= 0.6 is 0 Å². The second-order valence-electron chi connectivity index (χ2n) is 6.31. The Balaban J connectivity index is 1.72. The smallest absolute Gasteiger partial charge is 0.253 e. The summed E-state index contributed by atoms with van der Waals surface area (Å²) in [5.74, 6) is 0.923. The van der Waals surface area contributed by atoms with Crippen molar-refractivity contribution in [3.8, 4) is 0 Å². The third-order valence-electron chi connectivity index (χ3n) is 4.67. The standard InChI is InChI=1S/C16H23N3O4S/c1-23-6-5-18-24(21,22)15-4-2-3-12(7-15)16(20)19-10-13-8-17-9-14(13)11-19/h2-4,7,13-14,17-18H,5-6,8-11H2,1H3/t13-,14+. The van der Waals surface area contributed by atoms with Gasteiger partial charge < -0.3 is 15.0 Å². The molecule has 8 heteroatoms. The highest BCUT2D eigenvalue weighted by Gasteiger charge is 2.38. The molecule has 1 amide bonds. The van der Waals surface area contributed by atoms with Crippen molar-refractivity contribution in [3.63, 3.8) is 0 Å². The summed E-state index contributed by atoms with van der Waals surface area (Å²) in [6.07, 6.45) is 0. The Labute approximate surface area is 142 Å². The number of nitrogens with zero attached hydrogens (tertiary/aromatic N) is 1. The molecule has 2 aliphatic heterocycles. The molecular formula is C16H23N3O4S. The zero-order valence-electron chi connectivity index (χ0n) is 13.7. The highest BCUT2D eigenvalue weighted by atomic mass is 32.2. The first-order valence-electron chi connectivity index (χ1n) is 8.10. The van der Waals surface area contributed by atoms with E-state index < -0.39 is 10.0 Å². The first kappa shape index (κ1) is 17.3. The molecule has 2 N–H and O–H groups in total. The third kappa shape index (κ3) is 3.61. The number of carbonyl (C=O) groups excluding carboxylic acids is 1. The van der Waals surface area contributed by atoms with E-state index in [2.05, 4.69) is 10.0 Å². The molecule has 2 saturated heterocycles. The Morgan fingerprint density at radius 3 is 2.71 bits per heavy atom. The van der Waals surface area contributed by atoms with Crippen LogP contribution in [0.4, 0.5) is 0 Å². The number of carbonyl (C=O) groups is 1. The fourth-order valence-electron chi connectivity index (χ4n) is 3.36. The van der Waals surface area contributed by atoms with Gasteiger partial charge in [-0.05, 0) is 30.0 Å². The Hall–Kier alpha value is -1.48. The van der Waals surface area contributed by atoms with Gasteiger partial charge >= 0.3 is 0 Å². The van der Waals surface area contributed by atoms with Crippen LogP contribution in [0.1, 0.15) is 10.4 Å². The number of amides is 1. The Morgan fingerprint density at radius 2 is 2.04 bits per heavy atom. The molecule has 7 nitrogen and oxygen atoms in total. The number of fused-ring (bicyclic) bond motifs is 1. The molecule has 0 radical (unpaired) electrons. The quantitative estimate of drug-likeness (QED) is 0.698. The summed E-state index contributed by atoms with van der Waals surface area (Å²) < 4.78 is 31.8. The number of sulfonamides is 1. The number of hydrogen-bond acceptors (Lipinski definition) is 5. The van der Waals surface area contributed by atoms with Crippen LogP contribution in [-0.4, -0.2) is 65.7 Å². The Morgan fingerprint density at radius 1 is 1.33 bits per heavy atom. The van der Waals surface area contributed by atoms with Crippen LogP contribution in [0, 0.1) is 11.8 Å². The summed E-state index contributed by atoms with van der Waals surface area (Å²) in [6, 6.07) is 6.22. The van der Waals surface area contributed by atoms with Gasteiger partial charge in [-0.3, -0.25) is 4.79 Å². The van der Waals surface area contributed by atoms with E-state index in [-0.39, 0.29) is 17.3 Å². The van der Waals surface area contributed by atoms with E-state index in [1.165, 1.54) is 19.2 Å². The fourth-order valence-corrected chi connectivity index (χ4v) is 4.42. The summed E-state index contributed by atoms with van der Waals surface area (Å²) in [5, 5.41) is 3.34. The number of rotatable bonds is 6. The molecular weight excluding hydrogens is 330 g/mol. The van der Waals surface area contributed by atoms with Crippen molar-refractivity contribution in [3.05, 3.63) is 29.8 Å². The van der Waals surface area contributed by atoms with E-state index in [0.29, 0.717) is 24.0 Å². The number of benzene rings is 1. The average molecular weight is 353 g/mol. The zero-order valence-corrected chi connectivity index (χ0v) is 14.5. The second kappa shape index (κ2) is 7.18. The molecule has 3 rings (SSSR count). The number of hydrogen-bond donors (Lipinski definition) is 2. The number of ether oxygens (including phenoxy) is 1. The first-order chi connectivity index (χ1) is 11.5. The topological polar surface area (TPSA) is 87.7 Å². The minimum Gasteiger partial charge on any atom is -0.383 e. The lowest BCUT2D eigenvalue weighted by Gasteiger charge is -2.18. The maximum absolute atomic E-state index is 12.7. The van der Waals surface area contributed by atoms with Crippen LogP contribution in [-0.2, 0) is 14.8 Å². The summed E-state index contributed by atoms with van der Waals surface area (Å²) in [7, 11) is -2.13. The zero-order chi connectivity index (χ0) is 17.2. The van der Waals surface area contributed by atoms with Gasteiger partial charge in [-0.15, -0.1) is 0 Å². The molecule has 0 aliphatic carbocycles. The van der Waals surface area contributed by atoms with E-state index in [0.717, 1.165) is 26.2 Å². The molecule has 2 atom stereocenters. The highest BCUT2D eigenvalue weighted by Crippen LogP contribution is 2.27. The molecule has 0 spiro atoms. The Bertz CT molecular complexity index is 695. The van der Waals surface area contributed by atoms with Crippen molar-refractivity contribution in [1.29, 1.82) is 0 Å². The maximum Gasteiger partial charge on any atom is 0.253 e. The van der Waals surface area contributed by atoms with Gasteiger partial charge in [-0.1, -0.05) is 6.07 Å². The van der Waals surface area contributed by atoms with E-state index in [1.54, 1.807) is 12.1 Å². The van der Waals surface area contributed by atoms with Crippen molar-refractivity contribution in [2.75, 3.05) is 46.4 Å². The lowest BCUT2D eigenvalue weighted by Crippen LogP contribution is -2.32. The van der Waals surface area contributed by atoms with Crippen molar-refractivity contribution >= 4 is 15.9 Å². The van der Waals surface area contributed by atoms with Crippen molar-refractivity contribution < 1.29 is 17.9 Å². The predicted octanol–water partition coefficient (Wildman–Crippen LogP) is -0.0973. The van der Waals surface area contributed by atoms with Crippen LogP contribution in [0.15, 0.2) is 29.2 Å². The maximum atomic E-state index is 12.7. The van der Waals surface area contributed by atoms with Crippen LogP contribution in [0.5, 0.6) is 0 Å². The van der Waals surface area contributed by atoms with Gasteiger partial charge in [0.15, 0.2) is 0 Å². The fraction of sp³-hybridized carbons (Fsp3) is 0.562. The highest BCUT2D eigenvalue weighted by molar-refractivity contribution is 7.89. The molecule has 0 aromatic heterocycles. The molecule has 0 unspecified atom stereocenters. The predicted molar refractivity (Wildman–Crippen MR) is 89.3 cm³/mol. The van der Waals surface area contributed by atoms with Gasteiger partial charge in [0.25, 0.3) is 5.91 Å². The third-order valence-corrected chi connectivity index (χ3v) is 6.12. The molecule has 2 heterocycles. The van der Waals surface area contributed by atoms with Crippen LogP contribution in [0.25, 0.3) is 0 Å². The largest absolute Gasteiger partial charge is 0.383 e. The molecule has 1 aromatic rings. The lowest BCUT2D eigenvalue weighted by molar-refractivity contribution is 0.0781. The Kier molecular flexibility index (Phi) is 5.19. The number of methoxy groups -OCH3 is 1. The number of nitrogens with one attached hydrogen (secondary N) is 2.